The largest absolute Gasteiger partial charge is 0.390 e. The lowest BCUT2D eigenvalue weighted by Gasteiger charge is -2.33. The van der Waals surface area contributed by atoms with Crippen LogP contribution in [0.1, 0.15) is 46.5 Å². The van der Waals surface area contributed by atoms with E-state index in [4.69, 9.17) is 5.73 Å². The van der Waals surface area contributed by atoms with E-state index in [9.17, 15) is 23.1 Å². The van der Waals surface area contributed by atoms with Crippen LogP contribution in [0.4, 0.5) is 0 Å². The van der Waals surface area contributed by atoms with Crippen molar-refractivity contribution in [2.24, 2.45) is 11.1 Å². The van der Waals surface area contributed by atoms with Crippen LogP contribution in [0, 0.1) is 5.41 Å². The number of aromatic nitrogens is 1. The number of hydrogen-bond donors (Lipinski definition) is 3. The number of pyridine rings is 1. The molecule has 0 saturated carbocycles. The molecule has 1 aliphatic rings. The average molecular weight is 427 g/mol. The number of aliphatic hydroxyl groups is 1. The van der Waals surface area contributed by atoms with Crippen LogP contribution in [0.2, 0.25) is 0 Å². The van der Waals surface area contributed by atoms with Crippen LogP contribution >= 0.6 is 0 Å². The molecular weight excluding hydrogens is 396 g/mol. The van der Waals surface area contributed by atoms with E-state index in [1.165, 1.54) is 18.3 Å². The maximum absolute atomic E-state index is 13.3. The maximum atomic E-state index is 13.3. The van der Waals surface area contributed by atoms with E-state index >= 15 is 0 Å². The minimum absolute atomic E-state index is 0.0814. The molecule has 10 heteroatoms. The number of carbonyl (C=O) groups is 2. The van der Waals surface area contributed by atoms with E-state index in [2.05, 4.69) is 10.3 Å². The number of sulfonamides is 1. The summed E-state index contributed by atoms with van der Waals surface area (Å²) in [5.41, 5.74) is 4.41. The van der Waals surface area contributed by atoms with Gasteiger partial charge in [-0.15, -0.1) is 0 Å². The first-order valence-corrected chi connectivity index (χ1v) is 11.1. The summed E-state index contributed by atoms with van der Waals surface area (Å²) < 4.78 is 27.3. The number of nitrogens with zero attached hydrogens (tertiary/aromatic N) is 2. The monoisotopic (exact) mass is 426 g/mol. The fourth-order valence-electron chi connectivity index (χ4n) is 3.20. The molecule has 0 radical (unpaired) electrons. The van der Waals surface area contributed by atoms with Crippen molar-refractivity contribution in [3.05, 3.63) is 24.4 Å². The second-order valence-electron chi connectivity index (χ2n) is 8.13. The number of nitrogens with one attached hydrogen (secondary N) is 1. The van der Waals surface area contributed by atoms with Gasteiger partial charge in [-0.05, 0) is 38.3 Å². The van der Waals surface area contributed by atoms with E-state index in [1.807, 2.05) is 6.92 Å². The highest BCUT2D eigenvalue weighted by atomic mass is 32.2. The first kappa shape index (κ1) is 23.2. The zero-order chi connectivity index (χ0) is 21.8. The summed E-state index contributed by atoms with van der Waals surface area (Å²) in [5, 5.41) is 13.5. The smallest absolute Gasteiger partial charge is 0.284 e. The molecule has 0 bridgehead atoms. The lowest BCUT2D eigenvalue weighted by molar-refractivity contribution is -0.131. The van der Waals surface area contributed by atoms with Crippen molar-refractivity contribution in [2.45, 2.75) is 69.7 Å². The van der Waals surface area contributed by atoms with Gasteiger partial charge >= 0.3 is 0 Å². The zero-order valence-electron chi connectivity index (χ0n) is 17.0. The van der Waals surface area contributed by atoms with Gasteiger partial charge in [0.2, 0.25) is 11.8 Å². The summed E-state index contributed by atoms with van der Waals surface area (Å²) in [4.78, 5) is 28.6. The second kappa shape index (κ2) is 9.19. The SMILES string of the molecule is C[C@@H]1CCC(N(C(=O)CCC(C)(C)C(N)=O)S(=O)(=O)c2ccccn2)[C@@H](O)CN1. The minimum atomic E-state index is -4.29. The lowest BCUT2D eigenvalue weighted by atomic mass is 9.87. The van der Waals surface area contributed by atoms with Crippen LogP contribution in [0.15, 0.2) is 29.4 Å². The highest BCUT2D eigenvalue weighted by Gasteiger charge is 2.41. The van der Waals surface area contributed by atoms with Gasteiger partial charge in [0.15, 0.2) is 5.03 Å². The summed E-state index contributed by atoms with van der Waals surface area (Å²) in [6.45, 7) is 5.31. The van der Waals surface area contributed by atoms with Crippen LogP contribution in [0.25, 0.3) is 0 Å². The maximum Gasteiger partial charge on any atom is 0.284 e. The van der Waals surface area contributed by atoms with Crippen LogP contribution in [-0.2, 0) is 19.6 Å². The molecule has 9 nitrogen and oxygen atoms in total. The van der Waals surface area contributed by atoms with Crippen molar-refractivity contribution in [2.75, 3.05) is 6.54 Å². The second-order valence-corrected chi connectivity index (χ2v) is 9.89. The molecule has 2 amide bonds. The number of aliphatic hydroxyl groups excluding tert-OH is 1. The molecule has 162 valence electrons. The molecule has 3 atom stereocenters. The average Bonchev–Trinajstić information content (AvgIpc) is 2.83. The molecular formula is C19H30N4O5S. The van der Waals surface area contributed by atoms with Crippen LogP contribution in [0.5, 0.6) is 0 Å². The van der Waals surface area contributed by atoms with Gasteiger partial charge in [-0.25, -0.2) is 9.29 Å². The van der Waals surface area contributed by atoms with E-state index < -0.39 is 39.4 Å². The Bertz CT molecular complexity index is 828. The Balaban J connectivity index is 2.40. The van der Waals surface area contributed by atoms with Crippen molar-refractivity contribution < 1.29 is 23.1 Å². The predicted molar refractivity (Wildman–Crippen MR) is 107 cm³/mol. The van der Waals surface area contributed by atoms with Crippen LogP contribution in [0.3, 0.4) is 0 Å². The molecule has 2 rings (SSSR count). The van der Waals surface area contributed by atoms with Gasteiger partial charge in [0.25, 0.3) is 10.0 Å². The minimum Gasteiger partial charge on any atom is -0.390 e. The van der Waals surface area contributed by atoms with Gasteiger partial charge in [0, 0.05) is 30.6 Å². The summed E-state index contributed by atoms with van der Waals surface area (Å²) in [6, 6.07) is 3.56. The van der Waals surface area contributed by atoms with E-state index in [0.29, 0.717) is 12.8 Å². The molecule has 0 aliphatic carbocycles. The van der Waals surface area contributed by atoms with Crippen molar-refractivity contribution in [3.8, 4) is 0 Å². The molecule has 29 heavy (non-hydrogen) atoms. The normalized spacial score (nSPS) is 23.2. The number of amides is 2. The zero-order valence-corrected chi connectivity index (χ0v) is 17.9. The Kier molecular flexibility index (Phi) is 7.36. The molecule has 0 spiro atoms. The number of rotatable bonds is 7. The van der Waals surface area contributed by atoms with Gasteiger partial charge < -0.3 is 16.2 Å². The third kappa shape index (κ3) is 5.52. The van der Waals surface area contributed by atoms with Crippen molar-refractivity contribution >= 4 is 21.8 Å². The Morgan fingerprint density at radius 1 is 1.34 bits per heavy atom. The summed E-state index contributed by atoms with van der Waals surface area (Å²) >= 11 is 0. The Labute approximate surface area is 171 Å². The number of nitrogens with two attached hydrogens (primary N) is 1. The highest BCUT2D eigenvalue weighted by Crippen LogP contribution is 2.28. The standard InChI is InChI=1S/C19H30N4O5S/c1-13-7-8-14(15(24)12-22-13)23(17(25)9-10-19(2,3)18(20)26)29(27,28)16-6-4-5-11-21-16/h4-6,11,13-15,22,24H,7-10,12H2,1-3H3,(H2,20,26)/t13-,14?,15+/m1/s1. The van der Waals surface area contributed by atoms with Gasteiger partial charge in [0.1, 0.15) is 0 Å². The van der Waals surface area contributed by atoms with Crippen LogP contribution in [-0.4, -0.2) is 59.4 Å². The number of primary amides is 1. The van der Waals surface area contributed by atoms with Gasteiger partial charge in [-0.1, -0.05) is 19.9 Å². The Morgan fingerprint density at radius 2 is 2.03 bits per heavy atom. The van der Waals surface area contributed by atoms with Gasteiger partial charge in [0.05, 0.1) is 12.1 Å². The summed E-state index contributed by atoms with van der Waals surface area (Å²) in [5.74, 6) is -1.26. The van der Waals surface area contributed by atoms with Crippen molar-refractivity contribution in [1.29, 1.82) is 0 Å². The third-order valence-corrected chi connectivity index (χ3v) is 7.12. The fourth-order valence-corrected chi connectivity index (χ4v) is 4.81. The fraction of sp³-hybridized carbons (Fsp3) is 0.632. The first-order chi connectivity index (χ1) is 13.5. The Hall–Kier alpha value is -2.04. The molecule has 1 aliphatic heterocycles. The number of carbonyl (C=O) groups excluding carboxylic acids is 2. The summed E-state index contributed by atoms with van der Waals surface area (Å²) in [6.07, 6.45) is 1.06. The lowest BCUT2D eigenvalue weighted by Crippen LogP contribution is -2.52. The summed E-state index contributed by atoms with van der Waals surface area (Å²) in [7, 11) is -4.29. The van der Waals surface area contributed by atoms with E-state index in [0.717, 1.165) is 4.31 Å². The third-order valence-electron chi connectivity index (χ3n) is 5.35. The molecule has 4 N–H and O–H groups in total. The molecule has 1 saturated heterocycles. The quantitative estimate of drug-likeness (QED) is 0.572. The van der Waals surface area contributed by atoms with Gasteiger partial charge in [-0.3, -0.25) is 9.59 Å². The van der Waals surface area contributed by atoms with Crippen molar-refractivity contribution in [3.63, 3.8) is 0 Å². The van der Waals surface area contributed by atoms with Gasteiger partial charge in [-0.2, -0.15) is 8.42 Å². The molecule has 2 heterocycles. The van der Waals surface area contributed by atoms with E-state index in [-0.39, 0.29) is 30.5 Å². The first-order valence-electron chi connectivity index (χ1n) is 9.66. The van der Waals surface area contributed by atoms with E-state index in [1.54, 1.807) is 19.9 Å². The predicted octanol–water partition coefficient (Wildman–Crippen LogP) is 0.392. The molecule has 1 unspecified atom stereocenters. The molecule has 1 aromatic rings. The van der Waals surface area contributed by atoms with Crippen LogP contribution < -0.4 is 11.1 Å². The molecule has 1 fully saturated rings. The highest BCUT2D eigenvalue weighted by molar-refractivity contribution is 7.89. The molecule has 0 aromatic carbocycles. The topological polar surface area (TPSA) is 143 Å². The number of β-amino-alcohol motifs (C(OH)–C–C–N with tert-alkyl or cyclic N) is 1. The molecule has 1 aromatic heterocycles. The Morgan fingerprint density at radius 3 is 2.62 bits per heavy atom. The number of hydrogen-bond acceptors (Lipinski definition) is 7. The van der Waals surface area contributed by atoms with Crippen molar-refractivity contribution in [1.82, 2.24) is 14.6 Å².